The fraction of sp³-hybridized carbons (Fsp3) is 0.286. The van der Waals surface area contributed by atoms with Crippen LogP contribution in [0.3, 0.4) is 0 Å². The molecule has 1 heterocycles. The first-order valence-electron chi connectivity index (χ1n) is 3.32. The zero-order valence-corrected chi connectivity index (χ0v) is 7.79. The Balaban J connectivity index is 3.29. The van der Waals surface area contributed by atoms with E-state index in [0.29, 0.717) is 0 Å². The summed E-state index contributed by atoms with van der Waals surface area (Å²) in [6.07, 6.45) is -2.83. The molecule has 0 bridgehead atoms. The molecule has 0 radical (unpaired) electrons. The predicted octanol–water partition coefficient (Wildman–Crippen LogP) is 2.70. The lowest BCUT2D eigenvalue weighted by Crippen LogP contribution is -2.14. The average molecular weight is 228 g/mol. The van der Waals surface area contributed by atoms with Gasteiger partial charge in [0, 0.05) is 0 Å². The number of hydrogen-bond acceptors (Lipinski definition) is 1. The minimum Gasteiger partial charge on any atom is -0.323 e. The molecule has 1 rings (SSSR count). The number of nitrogens with one attached hydrogen (secondary N) is 1. The van der Waals surface area contributed by atoms with Gasteiger partial charge in [0.2, 0.25) is 0 Å². The number of aromatic nitrogens is 1. The van der Waals surface area contributed by atoms with Crippen molar-refractivity contribution in [1.29, 1.82) is 0 Å². The van der Waals surface area contributed by atoms with Gasteiger partial charge in [-0.25, -0.2) is 8.78 Å². The molecule has 1 aromatic heterocycles. The van der Waals surface area contributed by atoms with Crippen LogP contribution in [0.25, 0.3) is 0 Å². The van der Waals surface area contributed by atoms with E-state index in [2.05, 4.69) is 4.98 Å². The van der Waals surface area contributed by atoms with E-state index in [-0.39, 0.29) is 16.6 Å². The second-order valence-corrected chi connectivity index (χ2v) is 2.99. The van der Waals surface area contributed by atoms with E-state index in [9.17, 15) is 13.6 Å². The molecule has 0 spiro atoms. The Morgan fingerprint density at radius 3 is 2.62 bits per heavy atom. The van der Waals surface area contributed by atoms with Crippen LogP contribution >= 0.6 is 23.2 Å². The molecule has 0 unspecified atom stereocenters. The number of hydrogen-bond donors (Lipinski definition) is 1. The van der Waals surface area contributed by atoms with Crippen LogP contribution in [0, 0.1) is 0 Å². The van der Waals surface area contributed by atoms with Gasteiger partial charge in [-0.2, -0.15) is 0 Å². The van der Waals surface area contributed by atoms with E-state index in [0.717, 1.165) is 6.07 Å². The van der Waals surface area contributed by atoms with Crippen molar-refractivity contribution in [2.75, 3.05) is 0 Å². The lowest BCUT2D eigenvalue weighted by atomic mass is 10.2. The van der Waals surface area contributed by atoms with Crippen molar-refractivity contribution in [1.82, 2.24) is 4.98 Å². The van der Waals surface area contributed by atoms with Gasteiger partial charge in [-0.15, -0.1) is 11.6 Å². The smallest absolute Gasteiger partial charge is 0.269 e. The molecule has 0 atom stereocenters. The topological polar surface area (TPSA) is 32.9 Å². The van der Waals surface area contributed by atoms with Crippen LogP contribution in [-0.2, 0) is 5.88 Å². The van der Waals surface area contributed by atoms with Crippen LogP contribution in [-0.4, -0.2) is 4.98 Å². The van der Waals surface area contributed by atoms with Gasteiger partial charge in [-0.3, -0.25) is 4.79 Å². The van der Waals surface area contributed by atoms with Crippen molar-refractivity contribution in [3.63, 3.8) is 0 Å². The Kier molecular flexibility index (Phi) is 3.27. The molecule has 72 valence electrons. The van der Waals surface area contributed by atoms with Crippen molar-refractivity contribution in [3.8, 4) is 0 Å². The highest BCUT2D eigenvalue weighted by Crippen LogP contribution is 2.20. The van der Waals surface area contributed by atoms with E-state index in [1.54, 1.807) is 0 Å². The zero-order valence-electron chi connectivity index (χ0n) is 6.28. The summed E-state index contributed by atoms with van der Waals surface area (Å²) in [6, 6.07) is 0.933. The summed E-state index contributed by atoms with van der Waals surface area (Å²) in [5.74, 6) is -0.0163. The minimum atomic E-state index is -2.83. The van der Waals surface area contributed by atoms with Crippen LogP contribution in [0.2, 0.25) is 5.02 Å². The number of pyridine rings is 1. The van der Waals surface area contributed by atoms with Crippen LogP contribution in [0.1, 0.15) is 17.7 Å². The summed E-state index contributed by atoms with van der Waals surface area (Å²) < 4.78 is 24.3. The second-order valence-electron chi connectivity index (χ2n) is 2.31. The molecule has 0 saturated heterocycles. The Morgan fingerprint density at radius 1 is 1.54 bits per heavy atom. The van der Waals surface area contributed by atoms with Crippen molar-refractivity contribution in [2.24, 2.45) is 0 Å². The summed E-state index contributed by atoms with van der Waals surface area (Å²) in [4.78, 5) is 13.1. The molecule has 0 fully saturated rings. The van der Waals surface area contributed by atoms with E-state index in [4.69, 9.17) is 23.2 Å². The maximum absolute atomic E-state index is 12.1. The Hall–Kier alpha value is -0.610. The van der Waals surface area contributed by atoms with Crippen LogP contribution in [0.5, 0.6) is 0 Å². The quantitative estimate of drug-likeness (QED) is 0.775. The summed E-state index contributed by atoms with van der Waals surface area (Å²) in [5.41, 5.74) is -1.24. The average Bonchev–Trinajstić information content (AvgIpc) is 2.07. The van der Waals surface area contributed by atoms with Crippen molar-refractivity contribution >= 4 is 23.2 Å². The molecular formula is C7H5Cl2F2NO. The number of H-pyrrole nitrogens is 1. The molecule has 0 aliphatic heterocycles. The lowest BCUT2D eigenvalue weighted by molar-refractivity contribution is 0.149. The van der Waals surface area contributed by atoms with Gasteiger partial charge in [0.05, 0.1) is 22.2 Å². The van der Waals surface area contributed by atoms with Crippen LogP contribution in [0.4, 0.5) is 8.78 Å². The first-order valence-corrected chi connectivity index (χ1v) is 4.23. The number of rotatable bonds is 2. The van der Waals surface area contributed by atoms with E-state index in [1.165, 1.54) is 0 Å². The van der Waals surface area contributed by atoms with Gasteiger partial charge in [-0.1, -0.05) is 11.6 Å². The first-order chi connectivity index (χ1) is 6.06. The van der Waals surface area contributed by atoms with Crippen LogP contribution in [0.15, 0.2) is 10.9 Å². The highest BCUT2D eigenvalue weighted by atomic mass is 35.5. The number of halogens is 4. The van der Waals surface area contributed by atoms with Gasteiger partial charge >= 0.3 is 0 Å². The van der Waals surface area contributed by atoms with Gasteiger partial charge < -0.3 is 4.98 Å². The summed E-state index contributed by atoms with van der Waals surface area (Å²) >= 11 is 11.0. The van der Waals surface area contributed by atoms with Crippen LogP contribution < -0.4 is 5.56 Å². The first kappa shape index (κ1) is 10.5. The third-order valence-electron chi connectivity index (χ3n) is 1.47. The fourth-order valence-electron chi connectivity index (χ4n) is 0.817. The van der Waals surface area contributed by atoms with E-state index >= 15 is 0 Å². The largest absolute Gasteiger partial charge is 0.323 e. The lowest BCUT2D eigenvalue weighted by Gasteiger charge is -2.02. The van der Waals surface area contributed by atoms with Gasteiger partial charge in [-0.05, 0) is 6.07 Å². The Bertz CT molecular complexity index is 364. The summed E-state index contributed by atoms with van der Waals surface area (Å²) in [6.45, 7) is 0. The highest BCUT2D eigenvalue weighted by molar-refractivity contribution is 6.32. The Labute approximate surface area is 82.5 Å². The van der Waals surface area contributed by atoms with Crippen molar-refractivity contribution in [2.45, 2.75) is 12.3 Å². The second kappa shape index (κ2) is 4.07. The molecule has 0 saturated carbocycles. The van der Waals surface area contributed by atoms with Crippen molar-refractivity contribution in [3.05, 3.63) is 32.7 Å². The third-order valence-corrected chi connectivity index (χ3v) is 2.07. The molecular weight excluding hydrogens is 223 g/mol. The summed E-state index contributed by atoms with van der Waals surface area (Å²) in [7, 11) is 0. The molecule has 2 nitrogen and oxygen atoms in total. The zero-order chi connectivity index (χ0) is 10.0. The molecule has 13 heavy (non-hydrogen) atoms. The summed E-state index contributed by atoms with van der Waals surface area (Å²) in [5, 5.41) is 0.0462. The fourth-order valence-corrected chi connectivity index (χ4v) is 1.33. The molecule has 0 aromatic carbocycles. The number of alkyl halides is 3. The third kappa shape index (κ3) is 2.19. The highest BCUT2D eigenvalue weighted by Gasteiger charge is 2.14. The molecule has 0 amide bonds. The van der Waals surface area contributed by atoms with Gasteiger partial charge in [0.1, 0.15) is 0 Å². The maximum atomic E-state index is 12.1. The van der Waals surface area contributed by atoms with E-state index < -0.39 is 17.5 Å². The minimum absolute atomic E-state index is 0.0163. The van der Waals surface area contributed by atoms with Gasteiger partial charge in [0.25, 0.3) is 12.0 Å². The Morgan fingerprint density at radius 2 is 2.15 bits per heavy atom. The standard InChI is InChI=1S/C7H5Cl2F2NO/c8-2-5-4(9)1-3(6(10)11)7(13)12-5/h1,6H,2H2,(H,12,13). The molecule has 0 aliphatic carbocycles. The van der Waals surface area contributed by atoms with E-state index in [1.807, 2.05) is 0 Å². The van der Waals surface area contributed by atoms with Gasteiger partial charge in [0.15, 0.2) is 0 Å². The molecule has 6 heteroatoms. The van der Waals surface area contributed by atoms with Crippen molar-refractivity contribution < 1.29 is 8.78 Å². The predicted molar refractivity (Wildman–Crippen MR) is 46.6 cm³/mol. The normalized spacial score (nSPS) is 10.8. The number of aromatic amines is 1. The molecule has 1 aromatic rings. The molecule has 1 N–H and O–H groups in total. The molecule has 0 aliphatic rings. The SMILES string of the molecule is O=c1[nH]c(CCl)c(Cl)cc1C(F)F. The monoisotopic (exact) mass is 227 g/mol. The maximum Gasteiger partial charge on any atom is 0.269 e.